The largest absolute Gasteiger partial charge is 0.330 e. The van der Waals surface area contributed by atoms with Crippen molar-refractivity contribution < 1.29 is 4.90 Å². The molecule has 25 heavy (non-hydrogen) atoms. The summed E-state index contributed by atoms with van der Waals surface area (Å²) in [5.74, 6) is 0.830. The molecule has 1 saturated heterocycles. The first-order chi connectivity index (χ1) is 12.3. The summed E-state index contributed by atoms with van der Waals surface area (Å²) < 4.78 is 0. The summed E-state index contributed by atoms with van der Waals surface area (Å²) in [5.41, 5.74) is 2.15. The Labute approximate surface area is 155 Å². The number of hydrogen-bond acceptors (Lipinski definition) is 5. The third-order valence-corrected chi connectivity index (χ3v) is 5.65. The summed E-state index contributed by atoms with van der Waals surface area (Å²) >= 11 is 7.94. The molecule has 0 aliphatic carbocycles. The summed E-state index contributed by atoms with van der Waals surface area (Å²) in [7, 11) is 0. The summed E-state index contributed by atoms with van der Waals surface area (Å²) in [5, 5.41) is 3.90. The third kappa shape index (κ3) is 3.81. The number of nitrogens with zero attached hydrogens (tertiary/aromatic N) is 4. The zero-order valence-electron chi connectivity index (χ0n) is 13.7. The van der Waals surface area contributed by atoms with Crippen molar-refractivity contribution in [3.05, 3.63) is 58.8 Å². The molecule has 7 heteroatoms. The van der Waals surface area contributed by atoms with Gasteiger partial charge >= 0.3 is 0 Å². The van der Waals surface area contributed by atoms with Crippen molar-refractivity contribution in [3.63, 3.8) is 0 Å². The quantitative estimate of drug-likeness (QED) is 0.762. The van der Waals surface area contributed by atoms with Crippen molar-refractivity contribution in [2.45, 2.75) is 6.54 Å². The van der Waals surface area contributed by atoms with E-state index in [0.29, 0.717) is 0 Å². The van der Waals surface area contributed by atoms with Gasteiger partial charge in [0, 0.05) is 23.3 Å². The number of quaternary nitrogens is 1. The second-order valence-electron chi connectivity index (χ2n) is 6.09. The number of rotatable bonds is 4. The van der Waals surface area contributed by atoms with E-state index in [1.165, 1.54) is 0 Å². The minimum Gasteiger partial charge on any atom is -0.330 e. The topological polar surface area (TPSA) is 46.4 Å². The smallest absolute Gasteiger partial charge is 0.225 e. The first-order valence-electron chi connectivity index (χ1n) is 8.34. The Morgan fingerprint density at radius 3 is 2.60 bits per heavy atom. The average Bonchev–Trinajstić information content (AvgIpc) is 3.12. The first kappa shape index (κ1) is 16.4. The summed E-state index contributed by atoms with van der Waals surface area (Å²) in [6, 6.07) is 9.73. The Bertz CT molecular complexity index is 830. The van der Waals surface area contributed by atoms with Gasteiger partial charge in [0.15, 0.2) is 0 Å². The predicted octanol–water partition coefficient (Wildman–Crippen LogP) is 2.16. The molecule has 1 aromatic carbocycles. The number of aromatic nitrogens is 3. The van der Waals surface area contributed by atoms with Gasteiger partial charge in [-0.1, -0.05) is 29.8 Å². The van der Waals surface area contributed by atoms with E-state index in [1.54, 1.807) is 28.6 Å². The monoisotopic (exact) mass is 372 g/mol. The summed E-state index contributed by atoms with van der Waals surface area (Å²) in [6.45, 7) is 5.03. The zero-order chi connectivity index (χ0) is 17.1. The molecular formula is C18H19ClN5S+. The van der Waals surface area contributed by atoms with Gasteiger partial charge in [-0.3, -0.25) is 0 Å². The van der Waals surface area contributed by atoms with Crippen molar-refractivity contribution in [1.29, 1.82) is 0 Å². The maximum atomic E-state index is 6.28. The molecule has 1 aliphatic rings. The standard InChI is InChI=1S/C18H18ClN5S/c19-16-5-2-1-4-15(16)17-22-14(13-25-17)12-23-8-10-24(11-9-23)18-20-6-3-7-21-18/h1-7,13H,8-12H2/p+1. The highest BCUT2D eigenvalue weighted by Crippen LogP contribution is 2.29. The van der Waals surface area contributed by atoms with Gasteiger partial charge in [-0.05, 0) is 12.1 Å². The van der Waals surface area contributed by atoms with Crippen molar-refractivity contribution >= 4 is 28.9 Å². The second-order valence-corrected chi connectivity index (χ2v) is 7.35. The lowest BCUT2D eigenvalue weighted by Gasteiger charge is -2.31. The van der Waals surface area contributed by atoms with Gasteiger partial charge in [0.1, 0.15) is 17.2 Å². The van der Waals surface area contributed by atoms with Gasteiger partial charge in [-0.15, -0.1) is 11.3 Å². The lowest BCUT2D eigenvalue weighted by molar-refractivity contribution is -0.914. The van der Waals surface area contributed by atoms with Crippen LogP contribution in [0.3, 0.4) is 0 Å². The number of benzene rings is 1. The number of halogens is 1. The molecule has 1 N–H and O–H groups in total. The molecule has 1 fully saturated rings. The molecule has 0 bridgehead atoms. The second kappa shape index (κ2) is 7.47. The van der Waals surface area contributed by atoms with Crippen LogP contribution >= 0.6 is 22.9 Å². The van der Waals surface area contributed by atoms with E-state index in [1.807, 2.05) is 30.3 Å². The Kier molecular flexibility index (Phi) is 4.92. The average molecular weight is 373 g/mol. The molecule has 3 heterocycles. The first-order valence-corrected chi connectivity index (χ1v) is 9.60. The Balaban J connectivity index is 1.37. The van der Waals surface area contributed by atoms with Crippen LogP contribution < -0.4 is 9.80 Å². The zero-order valence-corrected chi connectivity index (χ0v) is 15.3. The van der Waals surface area contributed by atoms with Crippen LogP contribution in [0.5, 0.6) is 0 Å². The van der Waals surface area contributed by atoms with Crippen LogP contribution in [-0.4, -0.2) is 41.1 Å². The van der Waals surface area contributed by atoms with E-state index >= 15 is 0 Å². The fourth-order valence-electron chi connectivity index (χ4n) is 3.06. The summed E-state index contributed by atoms with van der Waals surface area (Å²) in [4.78, 5) is 17.3. The fourth-order valence-corrected chi connectivity index (χ4v) is 4.20. The SMILES string of the molecule is Clc1ccccc1-c1nc(C[NH+]2CCN(c3ncccn3)CC2)cs1. The van der Waals surface area contributed by atoms with Gasteiger partial charge in [0.2, 0.25) is 5.95 Å². The molecule has 3 aromatic rings. The minimum absolute atomic E-state index is 0.757. The molecule has 5 nitrogen and oxygen atoms in total. The molecule has 1 aliphatic heterocycles. The number of anilines is 1. The number of piperazine rings is 1. The number of thiazole rings is 1. The molecule has 2 aromatic heterocycles. The van der Waals surface area contributed by atoms with Gasteiger partial charge in [-0.25, -0.2) is 15.0 Å². The Morgan fingerprint density at radius 2 is 1.84 bits per heavy atom. The van der Waals surface area contributed by atoms with Crippen LogP contribution in [0, 0.1) is 0 Å². The molecule has 0 spiro atoms. The Hall–Kier alpha value is -2.02. The molecule has 128 valence electrons. The lowest BCUT2D eigenvalue weighted by Crippen LogP contribution is -3.13. The van der Waals surface area contributed by atoms with Crippen LogP contribution in [0.1, 0.15) is 5.69 Å². The van der Waals surface area contributed by atoms with Gasteiger partial charge < -0.3 is 9.80 Å². The number of nitrogens with one attached hydrogen (secondary N) is 1. The van der Waals surface area contributed by atoms with E-state index in [-0.39, 0.29) is 0 Å². The maximum absolute atomic E-state index is 6.28. The van der Waals surface area contributed by atoms with Gasteiger partial charge in [-0.2, -0.15) is 0 Å². The van der Waals surface area contributed by atoms with Crippen LogP contribution in [0.25, 0.3) is 10.6 Å². The molecular weight excluding hydrogens is 354 g/mol. The summed E-state index contributed by atoms with van der Waals surface area (Å²) in [6.07, 6.45) is 3.60. The normalized spacial score (nSPS) is 15.5. The highest BCUT2D eigenvalue weighted by Gasteiger charge is 2.22. The van der Waals surface area contributed by atoms with Crippen LogP contribution in [0.2, 0.25) is 5.02 Å². The van der Waals surface area contributed by atoms with Crippen LogP contribution in [0.4, 0.5) is 5.95 Å². The van der Waals surface area contributed by atoms with Crippen molar-refractivity contribution in [2.75, 3.05) is 31.1 Å². The van der Waals surface area contributed by atoms with E-state index in [4.69, 9.17) is 16.6 Å². The van der Waals surface area contributed by atoms with Gasteiger partial charge in [0.05, 0.1) is 31.2 Å². The van der Waals surface area contributed by atoms with Crippen molar-refractivity contribution in [2.24, 2.45) is 0 Å². The van der Waals surface area contributed by atoms with Crippen molar-refractivity contribution in [3.8, 4) is 10.6 Å². The molecule has 0 amide bonds. The lowest BCUT2D eigenvalue weighted by atomic mass is 10.2. The van der Waals surface area contributed by atoms with Gasteiger partial charge in [0.25, 0.3) is 0 Å². The highest BCUT2D eigenvalue weighted by atomic mass is 35.5. The molecule has 0 radical (unpaired) electrons. The van der Waals surface area contributed by atoms with E-state index in [9.17, 15) is 0 Å². The predicted molar refractivity (Wildman–Crippen MR) is 101 cm³/mol. The van der Waals surface area contributed by atoms with Crippen LogP contribution in [0.15, 0.2) is 48.1 Å². The maximum Gasteiger partial charge on any atom is 0.225 e. The fraction of sp³-hybridized carbons (Fsp3) is 0.278. The van der Waals surface area contributed by atoms with E-state index < -0.39 is 0 Å². The molecule has 0 atom stereocenters. The minimum atomic E-state index is 0.757. The van der Waals surface area contributed by atoms with E-state index in [2.05, 4.69) is 20.2 Å². The molecule has 0 unspecified atom stereocenters. The Morgan fingerprint density at radius 1 is 1.08 bits per heavy atom. The van der Waals surface area contributed by atoms with Crippen LogP contribution in [-0.2, 0) is 6.54 Å². The molecule has 4 rings (SSSR count). The highest BCUT2D eigenvalue weighted by molar-refractivity contribution is 7.13. The number of hydrogen-bond donors (Lipinski definition) is 1. The van der Waals surface area contributed by atoms with Crippen molar-refractivity contribution in [1.82, 2.24) is 15.0 Å². The van der Waals surface area contributed by atoms with E-state index in [0.717, 1.165) is 60.0 Å². The molecule has 0 saturated carbocycles. The third-order valence-electron chi connectivity index (χ3n) is 4.39.